The molecule has 0 spiro atoms. The molecule has 1 aliphatic heterocycles. The first-order valence-electron chi connectivity index (χ1n) is 12.5. The molecule has 1 aliphatic rings. The Hall–Kier alpha value is -2.42. The highest BCUT2D eigenvalue weighted by atomic mass is 35.6. The summed E-state index contributed by atoms with van der Waals surface area (Å²) in [6.07, 6.45) is -2.88. The molecule has 0 aliphatic carbocycles. The van der Waals surface area contributed by atoms with Crippen LogP contribution in [0.25, 0.3) is 0 Å². The minimum absolute atomic E-state index is 0.160. The molecule has 1 fully saturated rings. The number of hydrogen-bond donors (Lipinski definition) is 1. The van der Waals surface area contributed by atoms with Crippen molar-refractivity contribution in [3.63, 3.8) is 0 Å². The molecular weight excluding hydrogens is 561 g/mol. The van der Waals surface area contributed by atoms with Crippen molar-refractivity contribution in [3.05, 3.63) is 120 Å². The Labute approximate surface area is 243 Å². The number of nitrogens with one attached hydrogen (secondary N) is 1. The summed E-state index contributed by atoms with van der Waals surface area (Å²) in [5.41, 5.74) is 3.40. The van der Waals surface area contributed by atoms with Gasteiger partial charge in [0.1, 0.15) is 18.3 Å². The van der Waals surface area contributed by atoms with Crippen molar-refractivity contribution >= 4 is 40.7 Å². The van der Waals surface area contributed by atoms with Crippen molar-refractivity contribution in [1.82, 2.24) is 5.32 Å². The average molecular weight is 591 g/mol. The molecule has 0 radical (unpaired) electrons. The van der Waals surface area contributed by atoms with Crippen LogP contribution in [-0.4, -0.2) is 40.8 Å². The molecule has 4 atom stereocenters. The molecule has 0 aromatic heterocycles. The molecule has 0 saturated carbocycles. The number of halogens is 3. The molecule has 1 N–H and O–H groups in total. The average Bonchev–Trinajstić information content (AvgIpc) is 2.94. The molecule has 1 amide bonds. The number of alkyl halides is 3. The van der Waals surface area contributed by atoms with Crippen LogP contribution in [0.3, 0.4) is 0 Å². The van der Waals surface area contributed by atoms with E-state index in [1.54, 1.807) is 0 Å². The summed E-state index contributed by atoms with van der Waals surface area (Å²) in [5.74, 6) is -0.840. The number of hydrogen-bond acceptors (Lipinski definition) is 5. The van der Waals surface area contributed by atoms with Crippen LogP contribution in [0.2, 0.25) is 0 Å². The molecule has 1 saturated heterocycles. The van der Waals surface area contributed by atoms with Gasteiger partial charge >= 0.3 is 0 Å². The van der Waals surface area contributed by atoms with Crippen molar-refractivity contribution in [2.24, 2.45) is 0 Å². The Kier molecular flexibility index (Phi) is 10.8. The van der Waals surface area contributed by atoms with Gasteiger partial charge in [0.25, 0.3) is 9.70 Å². The molecule has 1 heterocycles. The summed E-state index contributed by atoms with van der Waals surface area (Å²) < 4.78 is 22.9. The minimum Gasteiger partial charge on any atom is -0.374 e. The van der Waals surface area contributed by atoms with Crippen molar-refractivity contribution in [1.29, 1.82) is 0 Å². The summed E-state index contributed by atoms with van der Waals surface area (Å²) in [7, 11) is 0. The third-order valence-corrected chi connectivity index (χ3v) is 6.66. The third-order valence-electron chi connectivity index (χ3n) is 6.15. The molecule has 6 nitrogen and oxygen atoms in total. The fraction of sp³-hybridized carbons (Fsp3) is 0.300. The van der Waals surface area contributed by atoms with Gasteiger partial charge in [-0.05, 0) is 16.7 Å². The van der Waals surface area contributed by atoms with Crippen molar-refractivity contribution in [2.75, 3.05) is 6.61 Å². The Morgan fingerprint density at radius 1 is 0.795 bits per heavy atom. The molecule has 4 rings (SSSR count). The highest BCUT2D eigenvalue weighted by molar-refractivity contribution is 6.76. The molecule has 0 unspecified atom stereocenters. The SMILES string of the molecule is C=C1[C@H](NC(=O)C(Cl)(Cl)Cl)O[C@H](COCc2ccccc2)[C@H](OCc2ccccc2)[C@@H]1OCc1ccccc1. The minimum atomic E-state index is -2.18. The van der Waals surface area contributed by atoms with Gasteiger partial charge in [-0.2, -0.15) is 0 Å². The summed E-state index contributed by atoms with van der Waals surface area (Å²) in [6.45, 7) is 5.31. The maximum atomic E-state index is 12.5. The predicted octanol–water partition coefficient (Wildman–Crippen LogP) is 6.14. The molecule has 206 valence electrons. The van der Waals surface area contributed by atoms with Gasteiger partial charge in [0.2, 0.25) is 0 Å². The van der Waals surface area contributed by atoms with Crippen molar-refractivity contribution < 1.29 is 23.7 Å². The van der Waals surface area contributed by atoms with Crippen molar-refractivity contribution in [2.45, 2.75) is 48.2 Å². The van der Waals surface area contributed by atoms with E-state index in [0.717, 1.165) is 16.7 Å². The standard InChI is InChI=1S/C30H30Cl3NO5/c1-21-26(37-18-23-13-7-3-8-14-23)27(38-19-24-15-9-4-10-16-24)25(20-36-17-22-11-5-2-6-12-22)39-28(21)34-29(35)30(31,32)33/h2-16,25-28H,1,17-20H2,(H,34,35)/t25-,26-,27+,28-/m1/s1. The highest BCUT2D eigenvalue weighted by Gasteiger charge is 2.45. The lowest BCUT2D eigenvalue weighted by Gasteiger charge is -2.43. The van der Waals surface area contributed by atoms with Crippen LogP contribution in [0.5, 0.6) is 0 Å². The number of carbonyl (C=O) groups is 1. The second-order valence-corrected chi connectivity index (χ2v) is 11.4. The smallest absolute Gasteiger partial charge is 0.274 e. The monoisotopic (exact) mass is 589 g/mol. The van der Waals surface area contributed by atoms with Crippen LogP contribution in [0.1, 0.15) is 16.7 Å². The zero-order chi connectivity index (χ0) is 27.7. The molecule has 0 bridgehead atoms. The van der Waals surface area contributed by atoms with Gasteiger partial charge in [0.05, 0.1) is 26.4 Å². The number of benzene rings is 3. The van der Waals surface area contributed by atoms with Crippen LogP contribution in [0, 0.1) is 0 Å². The van der Waals surface area contributed by atoms with E-state index in [1.807, 2.05) is 91.0 Å². The maximum Gasteiger partial charge on any atom is 0.274 e. The van der Waals surface area contributed by atoms with Crippen LogP contribution in [0.15, 0.2) is 103 Å². The van der Waals surface area contributed by atoms with E-state index in [1.165, 1.54) is 0 Å². The first-order chi connectivity index (χ1) is 18.8. The van der Waals surface area contributed by atoms with Crippen LogP contribution >= 0.6 is 34.8 Å². The van der Waals surface area contributed by atoms with E-state index < -0.39 is 34.2 Å². The van der Waals surface area contributed by atoms with Gasteiger partial charge in [-0.1, -0.05) is 132 Å². The van der Waals surface area contributed by atoms with E-state index in [4.69, 9.17) is 53.8 Å². The number of ether oxygens (including phenoxy) is 4. The first kappa shape index (κ1) is 29.6. The number of carbonyl (C=O) groups excluding carboxylic acids is 1. The van der Waals surface area contributed by atoms with E-state index >= 15 is 0 Å². The lowest BCUT2D eigenvalue weighted by atomic mass is 9.95. The number of rotatable bonds is 11. The van der Waals surface area contributed by atoms with Gasteiger partial charge < -0.3 is 24.3 Å². The molecule has 3 aromatic carbocycles. The van der Waals surface area contributed by atoms with Crippen LogP contribution in [0.4, 0.5) is 0 Å². The fourth-order valence-corrected chi connectivity index (χ4v) is 4.31. The van der Waals surface area contributed by atoms with Crippen molar-refractivity contribution in [3.8, 4) is 0 Å². The van der Waals surface area contributed by atoms with Gasteiger partial charge in [-0.25, -0.2) is 0 Å². The van der Waals surface area contributed by atoms with Gasteiger partial charge in [0.15, 0.2) is 6.23 Å². The Morgan fingerprint density at radius 2 is 1.28 bits per heavy atom. The number of amides is 1. The topological polar surface area (TPSA) is 66.0 Å². The summed E-state index contributed by atoms with van der Waals surface area (Å²) in [4.78, 5) is 12.5. The second kappa shape index (κ2) is 14.3. The summed E-state index contributed by atoms with van der Waals surface area (Å²) in [5, 5.41) is 2.62. The lowest BCUT2D eigenvalue weighted by molar-refractivity contribution is -0.200. The first-order valence-corrected chi connectivity index (χ1v) is 13.6. The normalized spacial score (nSPS) is 21.5. The van der Waals surface area contributed by atoms with E-state index in [-0.39, 0.29) is 6.61 Å². The second-order valence-electron chi connectivity index (χ2n) is 9.08. The zero-order valence-corrected chi connectivity index (χ0v) is 23.4. The summed E-state index contributed by atoms with van der Waals surface area (Å²) in [6, 6.07) is 29.3. The van der Waals surface area contributed by atoms with E-state index in [2.05, 4.69) is 11.9 Å². The van der Waals surface area contributed by atoms with Crippen LogP contribution < -0.4 is 5.32 Å². The molecule has 3 aromatic rings. The molecular formula is C30H30Cl3NO5. The lowest BCUT2D eigenvalue weighted by Crippen LogP contribution is -2.59. The largest absolute Gasteiger partial charge is 0.374 e. The van der Waals surface area contributed by atoms with Gasteiger partial charge in [-0.15, -0.1) is 0 Å². The van der Waals surface area contributed by atoms with Gasteiger partial charge in [-0.3, -0.25) is 4.79 Å². The quantitative estimate of drug-likeness (QED) is 0.215. The Balaban J connectivity index is 1.56. The van der Waals surface area contributed by atoms with E-state index in [0.29, 0.717) is 25.4 Å². The molecule has 9 heteroatoms. The third kappa shape index (κ3) is 8.78. The Bertz CT molecular complexity index is 1190. The fourth-order valence-electron chi connectivity index (χ4n) is 4.15. The predicted molar refractivity (Wildman–Crippen MR) is 152 cm³/mol. The highest BCUT2D eigenvalue weighted by Crippen LogP contribution is 2.32. The van der Waals surface area contributed by atoms with Crippen LogP contribution in [-0.2, 0) is 43.6 Å². The molecule has 39 heavy (non-hydrogen) atoms. The zero-order valence-electron chi connectivity index (χ0n) is 21.2. The van der Waals surface area contributed by atoms with E-state index in [9.17, 15) is 4.79 Å². The van der Waals surface area contributed by atoms with Gasteiger partial charge in [0, 0.05) is 5.57 Å². The Morgan fingerprint density at radius 3 is 1.79 bits per heavy atom. The summed E-state index contributed by atoms with van der Waals surface area (Å²) >= 11 is 17.4. The maximum absolute atomic E-state index is 12.5.